The summed E-state index contributed by atoms with van der Waals surface area (Å²) >= 11 is 0. The van der Waals surface area contributed by atoms with E-state index in [1.807, 2.05) is 19.1 Å². The van der Waals surface area contributed by atoms with Crippen molar-refractivity contribution in [2.45, 2.75) is 20.4 Å². The molecule has 0 radical (unpaired) electrons. The van der Waals surface area contributed by atoms with Crippen LogP contribution in [0.1, 0.15) is 12.5 Å². The maximum absolute atomic E-state index is 11.9. The molecular formula is C16H20N4O3. The number of nitrogens with one attached hydrogen (secondary N) is 2. The zero-order valence-corrected chi connectivity index (χ0v) is 13.2. The Bertz CT molecular complexity index is 727. The van der Waals surface area contributed by atoms with Gasteiger partial charge in [-0.2, -0.15) is 0 Å². The van der Waals surface area contributed by atoms with Crippen molar-refractivity contribution in [2.75, 3.05) is 18.5 Å². The number of aromatic nitrogens is 2. The quantitative estimate of drug-likeness (QED) is 0.850. The topological polar surface area (TPSA) is 85.2 Å². The molecule has 2 aromatic rings. The third-order valence-corrected chi connectivity index (χ3v) is 3.15. The first kappa shape index (κ1) is 16.5. The highest BCUT2D eigenvalue weighted by Crippen LogP contribution is 2.23. The molecule has 2 amide bonds. The number of rotatable bonds is 6. The maximum atomic E-state index is 11.9. The van der Waals surface area contributed by atoms with Crippen LogP contribution in [-0.4, -0.2) is 28.7 Å². The lowest BCUT2D eigenvalue weighted by atomic mass is 10.3. The number of para-hydroxylation sites is 2. The number of carbonyl (C=O) groups is 1. The Morgan fingerprint density at radius 1 is 1.35 bits per heavy atom. The van der Waals surface area contributed by atoms with Gasteiger partial charge in [0.15, 0.2) is 0 Å². The SMILES string of the molecule is CCOc1ccccc1NC(=O)NCCn1cncc(C)c1=O. The van der Waals surface area contributed by atoms with Gasteiger partial charge in [-0.1, -0.05) is 12.1 Å². The largest absolute Gasteiger partial charge is 0.492 e. The molecule has 23 heavy (non-hydrogen) atoms. The van der Waals surface area contributed by atoms with Crippen LogP contribution in [0, 0.1) is 6.92 Å². The molecule has 1 aromatic heterocycles. The molecular weight excluding hydrogens is 296 g/mol. The van der Waals surface area contributed by atoms with Gasteiger partial charge in [0.25, 0.3) is 5.56 Å². The highest BCUT2D eigenvalue weighted by atomic mass is 16.5. The monoisotopic (exact) mass is 316 g/mol. The summed E-state index contributed by atoms with van der Waals surface area (Å²) in [5.41, 5.74) is 1.06. The highest BCUT2D eigenvalue weighted by molar-refractivity contribution is 5.90. The first-order valence-corrected chi connectivity index (χ1v) is 7.39. The van der Waals surface area contributed by atoms with Crippen LogP contribution < -0.4 is 20.9 Å². The van der Waals surface area contributed by atoms with E-state index >= 15 is 0 Å². The lowest BCUT2D eigenvalue weighted by molar-refractivity contribution is 0.251. The normalized spacial score (nSPS) is 10.2. The second kappa shape index (κ2) is 7.98. The number of urea groups is 1. The fourth-order valence-corrected chi connectivity index (χ4v) is 2.03. The van der Waals surface area contributed by atoms with Crippen molar-refractivity contribution in [3.63, 3.8) is 0 Å². The molecule has 2 N–H and O–H groups in total. The van der Waals surface area contributed by atoms with Gasteiger partial charge in [0, 0.05) is 24.8 Å². The molecule has 2 rings (SSSR count). The molecule has 1 heterocycles. The number of ether oxygens (including phenoxy) is 1. The summed E-state index contributed by atoms with van der Waals surface area (Å²) in [5.74, 6) is 0.615. The van der Waals surface area contributed by atoms with Gasteiger partial charge >= 0.3 is 6.03 Å². The van der Waals surface area contributed by atoms with Gasteiger partial charge < -0.3 is 15.4 Å². The average molecular weight is 316 g/mol. The third kappa shape index (κ3) is 4.57. The number of hydrogen-bond acceptors (Lipinski definition) is 4. The molecule has 0 atom stereocenters. The Hall–Kier alpha value is -2.83. The number of carbonyl (C=O) groups excluding carboxylic acids is 1. The van der Waals surface area contributed by atoms with E-state index in [9.17, 15) is 9.59 Å². The summed E-state index contributed by atoms with van der Waals surface area (Å²) in [6, 6.07) is 6.85. The molecule has 0 spiro atoms. The summed E-state index contributed by atoms with van der Waals surface area (Å²) in [4.78, 5) is 27.7. The van der Waals surface area contributed by atoms with Crippen LogP contribution in [-0.2, 0) is 6.54 Å². The van der Waals surface area contributed by atoms with E-state index in [1.54, 1.807) is 19.1 Å². The molecule has 0 aliphatic rings. The van der Waals surface area contributed by atoms with Gasteiger partial charge in [0.2, 0.25) is 0 Å². The average Bonchev–Trinajstić information content (AvgIpc) is 2.53. The number of aryl methyl sites for hydroxylation is 1. The van der Waals surface area contributed by atoms with Gasteiger partial charge in [0.05, 0.1) is 18.6 Å². The molecule has 1 aromatic carbocycles. The van der Waals surface area contributed by atoms with Gasteiger partial charge in [-0.25, -0.2) is 9.78 Å². The van der Waals surface area contributed by atoms with E-state index in [2.05, 4.69) is 15.6 Å². The van der Waals surface area contributed by atoms with Crippen LogP contribution in [0.5, 0.6) is 5.75 Å². The first-order chi connectivity index (χ1) is 11.1. The predicted molar refractivity (Wildman–Crippen MR) is 87.9 cm³/mol. The van der Waals surface area contributed by atoms with E-state index in [1.165, 1.54) is 17.1 Å². The minimum absolute atomic E-state index is 0.108. The number of hydrogen-bond donors (Lipinski definition) is 2. The van der Waals surface area contributed by atoms with Crippen LogP contribution >= 0.6 is 0 Å². The number of amides is 2. The predicted octanol–water partition coefficient (Wildman–Crippen LogP) is 1.77. The summed E-state index contributed by atoms with van der Waals surface area (Å²) in [6.45, 7) is 4.77. The molecule has 0 fully saturated rings. The summed E-state index contributed by atoms with van der Waals surface area (Å²) < 4.78 is 6.91. The molecule has 0 saturated heterocycles. The molecule has 0 unspecified atom stereocenters. The molecule has 0 saturated carbocycles. The number of benzene rings is 1. The van der Waals surface area contributed by atoms with Crippen molar-refractivity contribution >= 4 is 11.7 Å². The first-order valence-electron chi connectivity index (χ1n) is 7.39. The fourth-order valence-electron chi connectivity index (χ4n) is 2.03. The Morgan fingerprint density at radius 2 is 2.13 bits per heavy atom. The molecule has 0 aliphatic heterocycles. The van der Waals surface area contributed by atoms with Gasteiger partial charge in [0.1, 0.15) is 5.75 Å². The molecule has 0 bridgehead atoms. The zero-order valence-electron chi connectivity index (χ0n) is 13.2. The van der Waals surface area contributed by atoms with Gasteiger partial charge in [-0.3, -0.25) is 9.36 Å². The molecule has 122 valence electrons. The standard InChI is InChI=1S/C16H20N4O3/c1-3-23-14-7-5-4-6-13(14)19-16(22)18-8-9-20-11-17-10-12(2)15(20)21/h4-7,10-11H,3,8-9H2,1-2H3,(H2,18,19,22). The van der Waals surface area contributed by atoms with Crippen molar-refractivity contribution < 1.29 is 9.53 Å². The second-order valence-corrected chi connectivity index (χ2v) is 4.89. The fraction of sp³-hybridized carbons (Fsp3) is 0.312. The van der Waals surface area contributed by atoms with E-state index in [4.69, 9.17) is 4.74 Å². The van der Waals surface area contributed by atoms with Crippen molar-refractivity contribution in [2.24, 2.45) is 0 Å². The van der Waals surface area contributed by atoms with Crippen LogP contribution in [0.25, 0.3) is 0 Å². The van der Waals surface area contributed by atoms with Crippen LogP contribution in [0.15, 0.2) is 41.6 Å². The van der Waals surface area contributed by atoms with Crippen molar-refractivity contribution in [3.05, 3.63) is 52.7 Å². The van der Waals surface area contributed by atoms with E-state index < -0.39 is 0 Å². The van der Waals surface area contributed by atoms with Crippen LogP contribution in [0.4, 0.5) is 10.5 Å². The van der Waals surface area contributed by atoms with Gasteiger partial charge in [-0.05, 0) is 26.0 Å². The summed E-state index contributed by atoms with van der Waals surface area (Å²) in [6.07, 6.45) is 2.98. The Labute approximate surface area is 134 Å². The van der Waals surface area contributed by atoms with E-state index in [0.717, 1.165) is 0 Å². The van der Waals surface area contributed by atoms with E-state index in [0.29, 0.717) is 36.7 Å². The number of nitrogens with zero attached hydrogens (tertiary/aromatic N) is 2. The van der Waals surface area contributed by atoms with E-state index in [-0.39, 0.29) is 11.6 Å². The third-order valence-electron chi connectivity index (χ3n) is 3.15. The van der Waals surface area contributed by atoms with Crippen molar-refractivity contribution in [3.8, 4) is 5.75 Å². The summed E-state index contributed by atoms with van der Waals surface area (Å²) in [7, 11) is 0. The minimum atomic E-state index is -0.356. The van der Waals surface area contributed by atoms with Crippen molar-refractivity contribution in [1.82, 2.24) is 14.9 Å². The molecule has 0 aliphatic carbocycles. The molecule has 7 nitrogen and oxygen atoms in total. The Kier molecular flexibility index (Phi) is 5.74. The lowest BCUT2D eigenvalue weighted by Crippen LogP contribution is -2.34. The zero-order chi connectivity index (χ0) is 16.7. The lowest BCUT2D eigenvalue weighted by Gasteiger charge is -2.12. The minimum Gasteiger partial charge on any atom is -0.492 e. The smallest absolute Gasteiger partial charge is 0.319 e. The maximum Gasteiger partial charge on any atom is 0.319 e. The highest BCUT2D eigenvalue weighted by Gasteiger charge is 2.07. The number of anilines is 1. The van der Waals surface area contributed by atoms with Gasteiger partial charge in [-0.15, -0.1) is 0 Å². The van der Waals surface area contributed by atoms with Crippen molar-refractivity contribution in [1.29, 1.82) is 0 Å². The van der Waals surface area contributed by atoms with Crippen LogP contribution in [0.2, 0.25) is 0 Å². The second-order valence-electron chi connectivity index (χ2n) is 4.89. The Morgan fingerprint density at radius 3 is 2.91 bits per heavy atom. The molecule has 7 heteroatoms. The Balaban J connectivity index is 1.88. The van der Waals surface area contributed by atoms with Crippen LogP contribution in [0.3, 0.4) is 0 Å². The summed E-state index contributed by atoms with van der Waals surface area (Å²) in [5, 5.41) is 5.43.